The number of likely N-dealkylation sites (tertiary alicyclic amines) is 3. The van der Waals surface area contributed by atoms with E-state index in [1.807, 2.05) is 18.2 Å². The fraction of sp³-hybridized carbons (Fsp3) is 0.520. The Morgan fingerprint density at radius 1 is 0.859 bits per heavy atom. The fourth-order valence-corrected chi connectivity index (χ4v) is 12.6. The zero-order valence-corrected chi connectivity index (χ0v) is 37.1. The van der Waals surface area contributed by atoms with Gasteiger partial charge in [-0.3, -0.25) is 43.7 Å². The van der Waals surface area contributed by atoms with E-state index < -0.39 is 0 Å². The van der Waals surface area contributed by atoms with E-state index in [0.29, 0.717) is 61.2 Å². The summed E-state index contributed by atoms with van der Waals surface area (Å²) in [5.74, 6) is 2.27. The number of rotatable bonds is 5. The molecule has 4 amide bonds. The van der Waals surface area contributed by atoms with Crippen LogP contribution in [-0.4, -0.2) is 106 Å². The molecule has 8 heterocycles. The standard InChI is InChI=1S/C45H49ClN6O4.C5H7NO2/c46-35-5-4-6-36-39(35)42(55)48-43-45(14-2-1-3-15-45)33-9-7-29(23-37(33)52(36)43)28-11-19-50(20-12-28)30-25-49(26-30)18-13-38(53)51-21-16-44(17-22-51)27-56-40-32-24-47-41(54)31(32)8-10-34(40)44;7-4-2-1-3-5(8)6-4/h4-10,23,28,30H,1-3,11-22,24-27H2,(H,47,54);1-3H2,(H,6,7,8). The molecule has 4 aromatic rings. The summed E-state index contributed by atoms with van der Waals surface area (Å²) in [5, 5.41) is 6.11. The molecule has 64 heavy (non-hydrogen) atoms. The highest BCUT2D eigenvalue weighted by molar-refractivity contribution is 6.35. The molecule has 2 spiro atoms. The summed E-state index contributed by atoms with van der Waals surface area (Å²) in [6.07, 6.45) is 11.9. The number of carbonyl (C=O) groups excluding carboxylic acids is 4. The SMILES string of the molecule is O=C1CCCC(=O)N1.O=C1NCc2c1ccc1c2OCC12CCN(C(=O)CCN1CC(N3CCC(c4ccc5c(c4)-n4c(nc(=O)c6c(Cl)cccc64)C54CCCCC4)CC3)C1)CC2. The van der Waals surface area contributed by atoms with Gasteiger partial charge in [0, 0.05) is 86.7 Å². The lowest BCUT2D eigenvalue weighted by molar-refractivity contribution is -0.134. The maximum Gasteiger partial charge on any atom is 0.282 e. The summed E-state index contributed by atoms with van der Waals surface area (Å²) in [7, 11) is 0. The molecule has 13 nitrogen and oxygen atoms in total. The van der Waals surface area contributed by atoms with Gasteiger partial charge < -0.3 is 15.0 Å². The van der Waals surface area contributed by atoms with Crippen LogP contribution in [0.4, 0.5) is 0 Å². The summed E-state index contributed by atoms with van der Waals surface area (Å²) >= 11 is 6.61. The van der Waals surface area contributed by atoms with Crippen molar-refractivity contribution < 1.29 is 23.9 Å². The molecule has 14 heteroatoms. The molecular formula is C50H56ClN7O6. The van der Waals surface area contributed by atoms with Gasteiger partial charge in [0.15, 0.2) is 0 Å². The average Bonchev–Trinajstić information content (AvgIpc) is 3.93. The van der Waals surface area contributed by atoms with Crippen LogP contribution in [0.1, 0.15) is 128 Å². The Morgan fingerprint density at radius 2 is 1.61 bits per heavy atom. The smallest absolute Gasteiger partial charge is 0.282 e. The Morgan fingerprint density at radius 3 is 2.34 bits per heavy atom. The minimum absolute atomic E-state index is 0.0173. The van der Waals surface area contributed by atoms with Crippen molar-refractivity contribution in [1.82, 2.24) is 34.9 Å². The second-order valence-electron chi connectivity index (χ2n) is 19.5. The first-order valence-corrected chi connectivity index (χ1v) is 24.0. The summed E-state index contributed by atoms with van der Waals surface area (Å²) < 4.78 is 8.49. The topological polar surface area (TPSA) is 146 Å². The van der Waals surface area contributed by atoms with Gasteiger partial charge in [0.1, 0.15) is 11.6 Å². The van der Waals surface area contributed by atoms with Crippen molar-refractivity contribution in [2.75, 3.05) is 52.4 Å². The molecule has 12 rings (SSSR count). The second-order valence-corrected chi connectivity index (χ2v) is 19.9. The van der Waals surface area contributed by atoms with Gasteiger partial charge >= 0.3 is 0 Å². The molecule has 3 aromatic carbocycles. The van der Waals surface area contributed by atoms with Crippen molar-refractivity contribution in [3.05, 3.63) is 97.5 Å². The number of ether oxygens (including phenoxy) is 1. The molecule has 5 fully saturated rings. The Hall–Kier alpha value is -5.11. The summed E-state index contributed by atoms with van der Waals surface area (Å²) in [4.78, 5) is 71.5. The number of halogens is 1. The molecule has 1 aromatic heterocycles. The Kier molecular flexibility index (Phi) is 10.7. The highest BCUT2D eigenvalue weighted by Crippen LogP contribution is 2.53. The lowest BCUT2D eigenvalue weighted by Crippen LogP contribution is -2.61. The molecule has 1 aliphatic carbocycles. The largest absolute Gasteiger partial charge is 0.492 e. The minimum Gasteiger partial charge on any atom is -0.492 e. The first-order valence-electron chi connectivity index (χ1n) is 23.6. The van der Waals surface area contributed by atoms with Crippen molar-refractivity contribution in [3.63, 3.8) is 0 Å². The van der Waals surface area contributed by atoms with Gasteiger partial charge in [-0.2, -0.15) is 4.98 Å². The summed E-state index contributed by atoms with van der Waals surface area (Å²) in [6.45, 7) is 7.76. The third-order valence-corrected chi connectivity index (χ3v) is 16.3. The third-order valence-electron chi connectivity index (χ3n) is 16.0. The highest BCUT2D eigenvalue weighted by atomic mass is 35.5. The number of amides is 4. The molecular weight excluding hydrogens is 830 g/mol. The van der Waals surface area contributed by atoms with E-state index >= 15 is 0 Å². The lowest BCUT2D eigenvalue weighted by atomic mass is 9.69. The number of nitrogens with zero attached hydrogens (tertiary/aromatic N) is 5. The van der Waals surface area contributed by atoms with Gasteiger partial charge in [-0.25, -0.2) is 0 Å². The van der Waals surface area contributed by atoms with Crippen LogP contribution in [0.2, 0.25) is 5.02 Å². The van der Waals surface area contributed by atoms with Gasteiger partial charge in [0.2, 0.25) is 17.7 Å². The van der Waals surface area contributed by atoms with E-state index in [9.17, 15) is 24.0 Å². The van der Waals surface area contributed by atoms with Gasteiger partial charge in [-0.1, -0.05) is 55.1 Å². The number of nitrogens with one attached hydrogen (secondary N) is 2. The van der Waals surface area contributed by atoms with Crippen LogP contribution in [0.25, 0.3) is 16.6 Å². The number of fused-ring (bicyclic) bond motifs is 11. The maximum atomic E-state index is 13.4. The van der Waals surface area contributed by atoms with Crippen LogP contribution in [-0.2, 0) is 31.8 Å². The van der Waals surface area contributed by atoms with E-state index in [4.69, 9.17) is 21.3 Å². The van der Waals surface area contributed by atoms with Crippen molar-refractivity contribution in [2.24, 2.45) is 0 Å². The van der Waals surface area contributed by atoms with Crippen LogP contribution in [0, 0.1) is 0 Å². The first-order chi connectivity index (χ1) is 31.1. The number of hydrogen-bond acceptors (Lipinski definition) is 9. The number of aromatic nitrogens is 2. The third kappa shape index (κ3) is 7.04. The highest BCUT2D eigenvalue weighted by Gasteiger charge is 2.48. The number of imide groups is 1. The molecule has 334 valence electrons. The van der Waals surface area contributed by atoms with Crippen LogP contribution in [0.15, 0.2) is 53.3 Å². The number of benzene rings is 3. The zero-order chi connectivity index (χ0) is 43.7. The van der Waals surface area contributed by atoms with E-state index in [1.165, 1.54) is 28.8 Å². The first kappa shape index (κ1) is 41.6. The predicted octanol–water partition coefficient (Wildman–Crippen LogP) is 5.87. The molecule has 1 saturated carbocycles. The normalized spacial score (nSPS) is 22.5. The number of hydrogen-bond donors (Lipinski definition) is 2. The quantitative estimate of drug-likeness (QED) is 0.235. The number of carbonyl (C=O) groups is 4. The van der Waals surface area contributed by atoms with Crippen LogP contribution in [0.5, 0.6) is 5.75 Å². The van der Waals surface area contributed by atoms with E-state index in [0.717, 1.165) is 125 Å². The Bertz CT molecular complexity index is 2620. The zero-order valence-electron chi connectivity index (χ0n) is 36.4. The second kappa shape index (κ2) is 16.4. The molecule has 7 aliphatic heterocycles. The monoisotopic (exact) mass is 885 g/mol. The lowest BCUT2D eigenvalue weighted by Gasteiger charge is -2.48. The van der Waals surface area contributed by atoms with Gasteiger partial charge in [0.25, 0.3) is 11.5 Å². The van der Waals surface area contributed by atoms with Crippen molar-refractivity contribution >= 4 is 46.1 Å². The number of piperidine rings is 3. The van der Waals surface area contributed by atoms with E-state index in [1.54, 1.807) is 6.07 Å². The van der Waals surface area contributed by atoms with Crippen molar-refractivity contribution in [1.29, 1.82) is 0 Å². The molecule has 0 radical (unpaired) electrons. The van der Waals surface area contributed by atoms with Gasteiger partial charge in [-0.15, -0.1) is 0 Å². The van der Waals surface area contributed by atoms with Crippen LogP contribution >= 0.6 is 11.6 Å². The van der Waals surface area contributed by atoms with Crippen LogP contribution < -0.4 is 20.9 Å². The van der Waals surface area contributed by atoms with Crippen LogP contribution in [0.3, 0.4) is 0 Å². The minimum atomic E-state index is -0.215. The van der Waals surface area contributed by atoms with Crippen molar-refractivity contribution in [3.8, 4) is 11.4 Å². The molecule has 4 saturated heterocycles. The molecule has 0 bridgehead atoms. The van der Waals surface area contributed by atoms with Gasteiger partial charge in [-0.05, 0) is 99.3 Å². The van der Waals surface area contributed by atoms with Crippen molar-refractivity contribution in [2.45, 2.75) is 113 Å². The fourth-order valence-electron chi connectivity index (χ4n) is 12.4. The summed E-state index contributed by atoms with van der Waals surface area (Å²) in [6, 6.07) is 17.5. The Labute approximate surface area is 377 Å². The van der Waals surface area contributed by atoms with Gasteiger partial charge in [0.05, 0.1) is 33.6 Å². The molecule has 0 unspecified atom stereocenters. The average molecular weight is 886 g/mol. The molecule has 2 N–H and O–H groups in total. The molecule has 0 atom stereocenters. The van der Waals surface area contributed by atoms with E-state index in [2.05, 4.69) is 54.2 Å². The Balaban J connectivity index is 0.000000518. The predicted molar refractivity (Wildman–Crippen MR) is 242 cm³/mol. The summed E-state index contributed by atoms with van der Waals surface area (Å²) in [5.41, 5.74) is 7.24. The maximum absolute atomic E-state index is 13.4. The molecule has 8 aliphatic rings. The van der Waals surface area contributed by atoms with E-state index in [-0.39, 0.29) is 40.0 Å².